The van der Waals surface area contributed by atoms with E-state index in [2.05, 4.69) is 15.3 Å². The molecule has 1 N–H and O–H groups in total. The van der Waals surface area contributed by atoms with Crippen molar-refractivity contribution in [3.8, 4) is 6.01 Å². The minimum atomic E-state index is -0.162. The van der Waals surface area contributed by atoms with E-state index in [1.54, 1.807) is 0 Å². The Morgan fingerprint density at radius 3 is 2.54 bits per heavy atom. The maximum Gasteiger partial charge on any atom is 0.317 e. The van der Waals surface area contributed by atoms with Crippen LogP contribution in [0.4, 0.5) is 0 Å². The lowest BCUT2D eigenvalue weighted by Gasteiger charge is -2.29. The second kappa shape index (κ2) is 8.30. The topological polar surface area (TPSA) is 84.4 Å². The van der Waals surface area contributed by atoms with Crippen molar-refractivity contribution in [2.24, 2.45) is 0 Å². The Labute approximate surface area is 162 Å². The van der Waals surface area contributed by atoms with Gasteiger partial charge >= 0.3 is 6.01 Å². The molecule has 0 unspecified atom stereocenters. The fraction of sp³-hybridized carbons (Fsp3) is 0.588. The number of carbonyl (C=O) groups excluding carboxylic acids is 2. The monoisotopic (exact) mass is 394 g/mol. The Morgan fingerprint density at radius 1 is 1.31 bits per heavy atom. The summed E-state index contributed by atoms with van der Waals surface area (Å²) in [6.45, 7) is 3.85. The first-order valence-electron chi connectivity index (χ1n) is 8.66. The van der Waals surface area contributed by atoms with Crippen LogP contribution in [-0.4, -0.2) is 55.4 Å². The lowest BCUT2D eigenvalue weighted by atomic mass is 9.93. The molecule has 2 aliphatic rings. The van der Waals surface area contributed by atoms with E-state index in [0.717, 1.165) is 37.1 Å². The van der Waals surface area contributed by atoms with Gasteiger partial charge in [0.25, 0.3) is 0 Å². The van der Waals surface area contributed by atoms with Gasteiger partial charge < -0.3 is 10.1 Å². The van der Waals surface area contributed by atoms with Crippen LogP contribution in [0.2, 0.25) is 0 Å². The van der Waals surface area contributed by atoms with Crippen molar-refractivity contribution in [1.29, 1.82) is 0 Å². The predicted molar refractivity (Wildman–Crippen MR) is 103 cm³/mol. The van der Waals surface area contributed by atoms with Crippen LogP contribution in [0.15, 0.2) is 6.07 Å². The highest BCUT2D eigenvalue weighted by molar-refractivity contribution is 8.23. The van der Waals surface area contributed by atoms with E-state index in [-0.39, 0.29) is 30.5 Å². The molecule has 1 saturated heterocycles. The standard InChI is InChI=1S/C17H22N4O3S2/c1-10-7-11(2)19-16(18-10)24-13-5-3-12(4-6-13)20-14(22)8-21-15(23)9-26-17(21)25/h7,12-13H,3-6,8-9H2,1-2H3,(H,20,22). The Bertz CT molecular complexity index is 684. The summed E-state index contributed by atoms with van der Waals surface area (Å²) in [5.41, 5.74) is 1.78. The van der Waals surface area contributed by atoms with Gasteiger partial charge in [-0.25, -0.2) is 9.97 Å². The Morgan fingerprint density at radius 2 is 1.96 bits per heavy atom. The van der Waals surface area contributed by atoms with Gasteiger partial charge in [-0.05, 0) is 45.6 Å². The van der Waals surface area contributed by atoms with Crippen molar-refractivity contribution in [1.82, 2.24) is 20.2 Å². The number of hydrogen-bond donors (Lipinski definition) is 1. The zero-order valence-electron chi connectivity index (χ0n) is 14.9. The molecule has 0 bridgehead atoms. The molecule has 2 amide bonds. The minimum Gasteiger partial charge on any atom is -0.460 e. The molecular weight excluding hydrogens is 372 g/mol. The summed E-state index contributed by atoms with van der Waals surface area (Å²) in [4.78, 5) is 33.9. The smallest absolute Gasteiger partial charge is 0.317 e. The number of rotatable bonds is 5. The SMILES string of the molecule is Cc1cc(C)nc(OC2CCC(NC(=O)CN3C(=O)CSC3=S)CC2)n1. The van der Waals surface area contributed by atoms with Gasteiger partial charge in [-0.3, -0.25) is 14.5 Å². The lowest BCUT2D eigenvalue weighted by molar-refractivity contribution is -0.130. The van der Waals surface area contributed by atoms with Gasteiger partial charge in [0, 0.05) is 17.4 Å². The molecule has 1 aromatic heterocycles. The van der Waals surface area contributed by atoms with Crippen LogP contribution in [-0.2, 0) is 9.59 Å². The number of nitrogens with one attached hydrogen (secondary N) is 1. The number of thiocarbonyl (C=S) groups is 1. The van der Waals surface area contributed by atoms with Crippen molar-refractivity contribution >= 4 is 40.1 Å². The molecule has 0 aromatic carbocycles. The van der Waals surface area contributed by atoms with Crippen molar-refractivity contribution in [2.45, 2.75) is 51.7 Å². The fourth-order valence-electron chi connectivity index (χ4n) is 3.17. The highest BCUT2D eigenvalue weighted by Crippen LogP contribution is 2.23. The largest absolute Gasteiger partial charge is 0.460 e. The molecule has 1 aromatic rings. The number of carbonyl (C=O) groups is 2. The van der Waals surface area contributed by atoms with Gasteiger partial charge in [0.2, 0.25) is 11.8 Å². The molecule has 9 heteroatoms. The maximum atomic E-state index is 12.2. The van der Waals surface area contributed by atoms with E-state index in [0.29, 0.717) is 16.1 Å². The number of aryl methyl sites for hydroxylation is 2. The molecule has 140 valence electrons. The third kappa shape index (κ3) is 4.91. The lowest BCUT2D eigenvalue weighted by Crippen LogP contribution is -2.45. The van der Waals surface area contributed by atoms with Gasteiger partial charge in [-0.2, -0.15) is 0 Å². The molecule has 0 atom stereocenters. The number of thioether (sulfide) groups is 1. The first kappa shape index (κ1) is 19.0. The van der Waals surface area contributed by atoms with Crippen LogP contribution >= 0.6 is 24.0 Å². The molecule has 26 heavy (non-hydrogen) atoms. The highest BCUT2D eigenvalue weighted by atomic mass is 32.2. The predicted octanol–water partition coefficient (Wildman–Crippen LogP) is 1.76. The number of hydrogen-bond acceptors (Lipinski definition) is 7. The summed E-state index contributed by atoms with van der Waals surface area (Å²) in [7, 11) is 0. The second-order valence-corrected chi connectivity index (χ2v) is 8.24. The summed E-state index contributed by atoms with van der Waals surface area (Å²) in [6, 6.07) is 2.43. The first-order valence-corrected chi connectivity index (χ1v) is 10.1. The quantitative estimate of drug-likeness (QED) is 0.762. The number of nitrogens with zero attached hydrogens (tertiary/aromatic N) is 3. The molecule has 2 heterocycles. The van der Waals surface area contributed by atoms with Gasteiger partial charge in [-0.15, -0.1) is 0 Å². The summed E-state index contributed by atoms with van der Waals surface area (Å²) >= 11 is 6.40. The molecule has 1 saturated carbocycles. The Balaban J connectivity index is 1.44. The summed E-state index contributed by atoms with van der Waals surface area (Å²) in [5, 5.41) is 3.00. The number of aromatic nitrogens is 2. The fourth-order valence-corrected chi connectivity index (χ4v) is 4.24. The van der Waals surface area contributed by atoms with E-state index in [1.807, 2.05) is 19.9 Å². The zero-order valence-corrected chi connectivity index (χ0v) is 16.5. The highest BCUT2D eigenvalue weighted by Gasteiger charge is 2.30. The maximum absolute atomic E-state index is 12.2. The van der Waals surface area contributed by atoms with Crippen molar-refractivity contribution in [3.63, 3.8) is 0 Å². The normalized spacial score (nSPS) is 23.2. The summed E-state index contributed by atoms with van der Waals surface area (Å²) < 4.78 is 6.38. The molecule has 7 nitrogen and oxygen atoms in total. The van der Waals surface area contributed by atoms with E-state index in [9.17, 15) is 9.59 Å². The van der Waals surface area contributed by atoms with Crippen LogP contribution in [0.3, 0.4) is 0 Å². The van der Waals surface area contributed by atoms with E-state index in [4.69, 9.17) is 17.0 Å². The van der Waals surface area contributed by atoms with E-state index >= 15 is 0 Å². The Hall–Kier alpha value is -1.74. The first-order chi connectivity index (χ1) is 12.4. The van der Waals surface area contributed by atoms with Crippen LogP contribution < -0.4 is 10.1 Å². The van der Waals surface area contributed by atoms with Crippen molar-refractivity contribution in [3.05, 3.63) is 17.5 Å². The molecule has 1 aliphatic carbocycles. The molecule has 0 radical (unpaired) electrons. The van der Waals surface area contributed by atoms with Crippen LogP contribution in [0.5, 0.6) is 6.01 Å². The average Bonchev–Trinajstić information content (AvgIpc) is 2.88. The minimum absolute atomic E-state index is 0.0114. The van der Waals surface area contributed by atoms with E-state index in [1.165, 1.54) is 16.7 Å². The number of amides is 2. The zero-order chi connectivity index (χ0) is 18.7. The van der Waals surface area contributed by atoms with Crippen LogP contribution in [0.25, 0.3) is 0 Å². The third-order valence-corrected chi connectivity index (χ3v) is 5.85. The average molecular weight is 395 g/mol. The second-order valence-electron chi connectivity index (χ2n) is 6.63. The van der Waals surface area contributed by atoms with Gasteiger partial charge in [0.05, 0.1) is 5.75 Å². The van der Waals surface area contributed by atoms with E-state index < -0.39 is 0 Å². The van der Waals surface area contributed by atoms with Gasteiger partial charge in [0.15, 0.2) is 0 Å². The van der Waals surface area contributed by atoms with Gasteiger partial charge in [0.1, 0.15) is 17.0 Å². The summed E-state index contributed by atoms with van der Waals surface area (Å²) in [5.74, 6) is 0.0700. The third-order valence-electron chi connectivity index (χ3n) is 4.42. The van der Waals surface area contributed by atoms with Gasteiger partial charge in [-0.1, -0.05) is 24.0 Å². The molecular formula is C17H22N4O3S2. The summed E-state index contributed by atoms with van der Waals surface area (Å²) in [6.07, 6.45) is 3.38. The van der Waals surface area contributed by atoms with Crippen molar-refractivity contribution < 1.29 is 14.3 Å². The Kier molecular flexibility index (Phi) is 6.08. The molecule has 0 spiro atoms. The molecule has 2 fully saturated rings. The van der Waals surface area contributed by atoms with Crippen LogP contribution in [0.1, 0.15) is 37.1 Å². The molecule has 3 rings (SSSR count). The van der Waals surface area contributed by atoms with Crippen LogP contribution in [0, 0.1) is 13.8 Å². The van der Waals surface area contributed by atoms with Crippen molar-refractivity contribution in [2.75, 3.05) is 12.3 Å². The molecule has 1 aliphatic heterocycles. The number of ether oxygens (including phenoxy) is 1.